The number of hydrogen-bond acceptors (Lipinski definition) is 2. The molecule has 0 saturated heterocycles. The molecule has 1 N–H and O–H groups in total. The van der Waals surface area contributed by atoms with E-state index >= 15 is 0 Å². The van der Waals surface area contributed by atoms with Crippen LogP contribution in [0.5, 0.6) is 0 Å². The van der Waals surface area contributed by atoms with E-state index in [-0.39, 0.29) is 4.90 Å². The summed E-state index contributed by atoms with van der Waals surface area (Å²) in [5.74, 6) is -2.27. The van der Waals surface area contributed by atoms with Crippen molar-refractivity contribution < 1.29 is 26.6 Å². The van der Waals surface area contributed by atoms with Gasteiger partial charge in [0.05, 0.1) is 10.8 Å². The van der Waals surface area contributed by atoms with Crippen LogP contribution in [0.4, 0.5) is 17.6 Å². The van der Waals surface area contributed by atoms with E-state index in [9.17, 15) is 26.6 Å². The highest BCUT2D eigenvalue weighted by atomic mass is 32.2. The molecule has 1 aromatic carbocycles. The number of carbonyl (C=O) groups excluding carboxylic acids is 1. The Morgan fingerprint density at radius 1 is 1.33 bits per heavy atom. The maximum absolute atomic E-state index is 12.8. The van der Waals surface area contributed by atoms with E-state index in [0.717, 1.165) is 12.1 Å². The summed E-state index contributed by atoms with van der Waals surface area (Å²) in [6.07, 6.45) is -4.52. The molecule has 0 aromatic heterocycles. The van der Waals surface area contributed by atoms with Gasteiger partial charge in [0.2, 0.25) is 5.91 Å². The number of nitrogens with one attached hydrogen (secondary N) is 1. The molecule has 0 aliphatic carbocycles. The number of alkyl halides is 3. The minimum Gasteiger partial charge on any atom is -0.346 e. The lowest BCUT2D eigenvalue weighted by Crippen LogP contribution is -2.36. The number of amides is 1. The Labute approximate surface area is 103 Å². The van der Waals surface area contributed by atoms with Gasteiger partial charge in [0, 0.05) is 4.90 Å². The monoisotopic (exact) mass is 283 g/mol. The third-order valence-electron chi connectivity index (χ3n) is 1.81. The van der Waals surface area contributed by atoms with Crippen LogP contribution in [-0.2, 0) is 15.6 Å². The molecule has 0 radical (unpaired) electrons. The third kappa shape index (κ3) is 5.26. The Morgan fingerprint density at radius 3 is 2.56 bits per heavy atom. The quantitative estimate of drug-likeness (QED) is 0.853. The fraction of sp³-hybridized carbons (Fsp3) is 0.300. The zero-order valence-corrected chi connectivity index (χ0v) is 9.78. The van der Waals surface area contributed by atoms with Crippen LogP contribution in [0.2, 0.25) is 0 Å². The van der Waals surface area contributed by atoms with Crippen LogP contribution in [0.25, 0.3) is 0 Å². The van der Waals surface area contributed by atoms with Gasteiger partial charge in [-0.3, -0.25) is 9.00 Å². The first-order chi connectivity index (χ1) is 8.28. The molecule has 0 bridgehead atoms. The van der Waals surface area contributed by atoms with Crippen molar-refractivity contribution in [2.75, 3.05) is 12.3 Å². The first-order valence-electron chi connectivity index (χ1n) is 4.75. The van der Waals surface area contributed by atoms with Gasteiger partial charge in [0.25, 0.3) is 0 Å². The molecule has 3 nitrogen and oxygen atoms in total. The Balaban J connectivity index is 2.53. The van der Waals surface area contributed by atoms with E-state index in [1.165, 1.54) is 12.1 Å². The molecule has 0 aliphatic heterocycles. The molecule has 0 spiro atoms. The van der Waals surface area contributed by atoms with Crippen molar-refractivity contribution in [3.8, 4) is 0 Å². The Bertz CT molecular complexity index is 461. The van der Waals surface area contributed by atoms with E-state index in [1.54, 1.807) is 5.32 Å². The van der Waals surface area contributed by atoms with Crippen molar-refractivity contribution in [1.82, 2.24) is 5.32 Å². The van der Waals surface area contributed by atoms with Crippen LogP contribution in [0, 0.1) is 5.82 Å². The van der Waals surface area contributed by atoms with Gasteiger partial charge in [-0.1, -0.05) is 6.07 Å². The second-order valence-electron chi connectivity index (χ2n) is 3.34. The van der Waals surface area contributed by atoms with Crippen LogP contribution in [-0.4, -0.2) is 28.6 Å². The van der Waals surface area contributed by atoms with Crippen LogP contribution < -0.4 is 5.32 Å². The summed E-state index contributed by atoms with van der Waals surface area (Å²) in [6, 6.07) is 4.73. The minimum absolute atomic E-state index is 0.0529. The maximum Gasteiger partial charge on any atom is 0.405 e. The van der Waals surface area contributed by atoms with E-state index in [0.29, 0.717) is 0 Å². The predicted octanol–water partition coefficient (Wildman–Crippen LogP) is 1.61. The molecule has 1 aromatic rings. The van der Waals surface area contributed by atoms with Crippen molar-refractivity contribution in [2.45, 2.75) is 11.1 Å². The van der Waals surface area contributed by atoms with Gasteiger partial charge in [-0.25, -0.2) is 4.39 Å². The molecule has 1 atom stereocenters. The van der Waals surface area contributed by atoms with Gasteiger partial charge >= 0.3 is 6.18 Å². The molecule has 0 aliphatic rings. The summed E-state index contributed by atoms with van der Waals surface area (Å²) in [7, 11) is -1.87. The summed E-state index contributed by atoms with van der Waals surface area (Å²) in [6.45, 7) is -1.48. The molecule has 18 heavy (non-hydrogen) atoms. The Morgan fingerprint density at radius 2 is 2.00 bits per heavy atom. The highest BCUT2D eigenvalue weighted by Crippen LogP contribution is 2.12. The number of benzene rings is 1. The van der Waals surface area contributed by atoms with Gasteiger partial charge < -0.3 is 5.32 Å². The lowest BCUT2D eigenvalue weighted by atomic mass is 10.4. The molecule has 1 rings (SSSR count). The molecule has 8 heteroatoms. The molecule has 100 valence electrons. The summed E-state index contributed by atoms with van der Waals surface area (Å²) < 4.78 is 59.7. The van der Waals surface area contributed by atoms with Gasteiger partial charge in [0.1, 0.15) is 18.1 Å². The first-order valence-corrected chi connectivity index (χ1v) is 6.07. The first kappa shape index (κ1) is 14.6. The third-order valence-corrected chi connectivity index (χ3v) is 3.11. The van der Waals surface area contributed by atoms with E-state index in [1.807, 2.05) is 0 Å². The van der Waals surface area contributed by atoms with Crippen LogP contribution >= 0.6 is 0 Å². The van der Waals surface area contributed by atoms with Crippen LogP contribution in [0.15, 0.2) is 29.2 Å². The molecular formula is C10H9F4NO2S. The fourth-order valence-corrected chi connectivity index (χ4v) is 2.04. The lowest BCUT2D eigenvalue weighted by Gasteiger charge is -2.08. The number of rotatable bonds is 4. The Hall–Kier alpha value is -1.44. The van der Waals surface area contributed by atoms with E-state index in [2.05, 4.69) is 0 Å². The van der Waals surface area contributed by atoms with Gasteiger partial charge in [-0.15, -0.1) is 0 Å². The molecule has 1 unspecified atom stereocenters. The smallest absolute Gasteiger partial charge is 0.346 e. The van der Waals surface area contributed by atoms with Crippen LogP contribution in [0.1, 0.15) is 0 Å². The SMILES string of the molecule is O=C(CS(=O)c1cccc(F)c1)NCC(F)(F)F. The van der Waals surface area contributed by atoms with Gasteiger partial charge in [-0.05, 0) is 18.2 Å². The summed E-state index contributed by atoms with van der Waals surface area (Å²) in [5, 5.41) is 1.59. The zero-order valence-electron chi connectivity index (χ0n) is 8.96. The van der Waals surface area contributed by atoms with E-state index in [4.69, 9.17) is 0 Å². The van der Waals surface area contributed by atoms with Crippen LogP contribution in [0.3, 0.4) is 0 Å². The average molecular weight is 283 g/mol. The highest BCUT2D eigenvalue weighted by Gasteiger charge is 2.27. The highest BCUT2D eigenvalue weighted by molar-refractivity contribution is 7.85. The van der Waals surface area contributed by atoms with Crippen molar-refractivity contribution in [2.24, 2.45) is 0 Å². The standard InChI is InChI=1S/C10H9F4NO2S/c11-7-2-1-3-8(4-7)18(17)5-9(16)15-6-10(12,13)14/h1-4H,5-6H2,(H,15,16). The number of carbonyl (C=O) groups is 1. The second kappa shape index (κ2) is 5.94. The zero-order chi connectivity index (χ0) is 13.8. The summed E-state index contributed by atoms with van der Waals surface area (Å²) in [4.78, 5) is 11.1. The lowest BCUT2D eigenvalue weighted by molar-refractivity contribution is -0.136. The largest absolute Gasteiger partial charge is 0.405 e. The average Bonchev–Trinajstić information content (AvgIpc) is 2.25. The molecule has 0 saturated carbocycles. The normalized spacial score (nSPS) is 13.1. The summed E-state index contributed by atoms with van der Waals surface area (Å²) in [5.41, 5.74) is 0. The topological polar surface area (TPSA) is 46.2 Å². The molecule has 1 amide bonds. The maximum atomic E-state index is 12.8. The minimum atomic E-state index is -4.52. The number of hydrogen-bond donors (Lipinski definition) is 1. The van der Waals surface area contributed by atoms with Crippen molar-refractivity contribution in [3.63, 3.8) is 0 Å². The van der Waals surface area contributed by atoms with Crippen molar-refractivity contribution in [1.29, 1.82) is 0 Å². The molecule has 0 fully saturated rings. The summed E-state index contributed by atoms with van der Waals surface area (Å²) >= 11 is 0. The van der Waals surface area contributed by atoms with Crippen molar-refractivity contribution >= 4 is 16.7 Å². The van der Waals surface area contributed by atoms with E-state index < -0.39 is 41.0 Å². The molecular weight excluding hydrogens is 274 g/mol. The van der Waals surface area contributed by atoms with Crippen molar-refractivity contribution in [3.05, 3.63) is 30.1 Å². The van der Waals surface area contributed by atoms with Gasteiger partial charge in [0.15, 0.2) is 0 Å². The fourth-order valence-electron chi connectivity index (χ4n) is 1.06. The Kier molecular flexibility index (Phi) is 4.83. The van der Waals surface area contributed by atoms with Gasteiger partial charge in [-0.2, -0.15) is 13.2 Å². The predicted molar refractivity (Wildman–Crippen MR) is 56.7 cm³/mol. The molecule has 0 heterocycles. The second-order valence-corrected chi connectivity index (χ2v) is 4.79. The number of halogens is 4.